The molecule has 1 atom stereocenters. The lowest BCUT2D eigenvalue weighted by atomic mass is 10.1. The number of thioether (sulfide) groups is 1. The van der Waals surface area contributed by atoms with E-state index in [4.69, 9.17) is 4.74 Å². The van der Waals surface area contributed by atoms with Crippen molar-refractivity contribution in [1.29, 1.82) is 0 Å². The molecular weight excluding hydrogens is 410 g/mol. The average molecular weight is 440 g/mol. The van der Waals surface area contributed by atoms with Gasteiger partial charge in [-0.2, -0.15) is 5.10 Å². The van der Waals surface area contributed by atoms with Gasteiger partial charge in [0, 0.05) is 18.0 Å². The number of hydrogen-bond acceptors (Lipinski definition) is 5. The topological polar surface area (TPSA) is 71.0 Å². The zero-order chi connectivity index (χ0) is 22.1. The number of piperidine rings is 1. The molecule has 0 saturated carbocycles. The van der Waals surface area contributed by atoms with Crippen LogP contribution in [0.25, 0.3) is 0 Å². The standard InChI is InChI=1S/C24H29N3O3S/c1-18-6-12-22(13-7-18)31-19(2)24(29)26-25-16-20-8-10-21(11-9-20)30-17-23(28)27-14-4-3-5-15-27/h6-13,16,19H,3-5,14-15,17H2,1-2H3,(H,26,29)/b25-16-/t19-/m1/s1. The van der Waals surface area contributed by atoms with Crippen LogP contribution in [0.15, 0.2) is 58.5 Å². The van der Waals surface area contributed by atoms with Crippen molar-refractivity contribution in [3.05, 3.63) is 59.7 Å². The minimum Gasteiger partial charge on any atom is -0.484 e. The van der Waals surface area contributed by atoms with E-state index in [0.717, 1.165) is 36.4 Å². The quantitative estimate of drug-likeness (QED) is 0.383. The Balaban J connectivity index is 1.41. The van der Waals surface area contributed by atoms with E-state index in [1.54, 1.807) is 18.3 Å². The number of aryl methyl sites for hydroxylation is 1. The van der Waals surface area contributed by atoms with Gasteiger partial charge in [-0.25, -0.2) is 5.43 Å². The first kappa shape index (κ1) is 22.9. The molecule has 2 aromatic carbocycles. The Morgan fingerprint density at radius 2 is 1.77 bits per heavy atom. The number of nitrogens with one attached hydrogen (secondary N) is 1. The maximum absolute atomic E-state index is 12.2. The van der Waals surface area contributed by atoms with Gasteiger partial charge in [0.25, 0.3) is 11.8 Å². The molecule has 2 amide bonds. The van der Waals surface area contributed by atoms with Crippen molar-refractivity contribution < 1.29 is 14.3 Å². The molecule has 0 bridgehead atoms. The summed E-state index contributed by atoms with van der Waals surface area (Å²) >= 11 is 1.49. The van der Waals surface area contributed by atoms with Crippen LogP contribution in [-0.2, 0) is 9.59 Å². The monoisotopic (exact) mass is 439 g/mol. The highest BCUT2D eigenvalue weighted by Gasteiger charge is 2.16. The molecule has 0 aliphatic carbocycles. The molecule has 1 aliphatic heterocycles. The van der Waals surface area contributed by atoms with Gasteiger partial charge in [-0.05, 0) is 75.1 Å². The molecule has 6 nitrogen and oxygen atoms in total. The second-order valence-corrected chi connectivity index (χ2v) is 9.02. The minimum absolute atomic E-state index is 0.0330. The lowest BCUT2D eigenvalue weighted by Gasteiger charge is -2.26. The van der Waals surface area contributed by atoms with E-state index in [-0.39, 0.29) is 23.7 Å². The molecule has 2 aromatic rings. The van der Waals surface area contributed by atoms with Crippen molar-refractivity contribution in [2.45, 2.75) is 43.3 Å². The summed E-state index contributed by atoms with van der Waals surface area (Å²) in [4.78, 5) is 27.3. The number of benzene rings is 2. The number of nitrogens with zero attached hydrogens (tertiary/aromatic N) is 2. The van der Waals surface area contributed by atoms with Crippen LogP contribution in [0.2, 0.25) is 0 Å². The van der Waals surface area contributed by atoms with Gasteiger partial charge in [-0.3, -0.25) is 9.59 Å². The molecule has 31 heavy (non-hydrogen) atoms. The number of amides is 2. The van der Waals surface area contributed by atoms with E-state index in [1.165, 1.54) is 23.7 Å². The first-order chi connectivity index (χ1) is 15.0. The van der Waals surface area contributed by atoms with Crippen molar-refractivity contribution in [2.75, 3.05) is 19.7 Å². The van der Waals surface area contributed by atoms with Crippen LogP contribution in [0.3, 0.4) is 0 Å². The lowest BCUT2D eigenvalue weighted by molar-refractivity contribution is -0.134. The fraction of sp³-hybridized carbons (Fsp3) is 0.375. The molecule has 1 saturated heterocycles. The molecule has 0 unspecified atom stereocenters. The molecular formula is C24H29N3O3S. The summed E-state index contributed by atoms with van der Waals surface area (Å²) in [5, 5.41) is 3.79. The maximum atomic E-state index is 12.2. The highest BCUT2D eigenvalue weighted by Crippen LogP contribution is 2.23. The summed E-state index contributed by atoms with van der Waals surface area (Å²) in [5.74, 6) is 0.512. The van der Waals surface area contributed by atoms with Crippen LogP contribution in [-0.4, -0.2) is 47.9 Å². The number of rotatable bonds is 8. The third kappa shape index (κ3) is 7.43. The van der Waals surface area contributed by atoms with Crippen LogP contribution in [0, 0.1) is 6.92 Å². The molecule has 3 rings (SSSR count). The number of hydrazone groups is 1. The molecule has 1 aliphatic rings. The fourth-order valence-corrected chi connectivity index (χ4v) is 4.03. The highest BCUT2D eigenvalue weighted by atomic mass is 32.2. The Morgan fingerprint density at radius 1 is 1.10 bits per heavy atom. The van der Waals surface area contributed by atoms with Crippen LogP contribution in [0.1, 0.15) is 37.3 Å². The first-order valence-corrected chi connectivity index (χ1v) is 11.5. The Bertz CT molecular complexity index is 891. The Morgan fingerprint density at radius 3 is 2.45 bits per heavy atom. The van der Waals surface area contributed by atoms with Crippen LogP contribution in [0.5, 0.6) is 5.75 Å². The summed E-state index contributed by atoms with van der Waals surface area (Å²) in [6.45, 7) is 5.59. The molecule has 1 heterocycles. The number of likely N-dealkylation sites (tertiary alicyclic amines) is 1. The maximum Gasteiger partial charge on any atom is 0.260 e. The highest BCUT2D eigenvalue weighted by molar-refractivity contribution is 8.00. The lowest BCUT2D eigenvalue weighted by Crippen LogP contribution is -2.38. The van der Waals surface area contributed by atoms with Crippen molar-refractivity contribution in [3.8, 4) is 5.75 Å². The third-order valence-corrected chi connectivity index (χ3v) is 6.15. The van der Waals surface area contributed by atoms with Crippen LogP contribution in [0.4, 0.5) is 0 Å². The fourth-order valence-electron chi connectivity index (χ4n) is 3.17. The molecule has 1 N–H and O–H groups in total. The summed E-state index contributed by atoms with van der Waals surface area (Å²) in [6.07, 6.45) is 4.92. The SMILES string of the molecule is Cc1ccc(S[C@H](C)C(=O)N/N=C\c2ccc(OCC(=O)N3CCCCC3)cc2)cc1. The van der Waals surface area contributed by atoms with Crippen LogP contribution >= 0.6 is 11.8 Å². The smallest absolute Gasteiger partial charge is 0.260 e. The van der Waals surface area contributed by atoms with Gasteiger partial charge in [0.15, 0.2) is 6.61 Å². The summed E-state index contributed by atoms with van der Waals surface area (Å²) in [5.41, 5.74) is 4.60. The van der Waals surface area contributed by atoms with E-state index < -0.39 is 0 Å². The first-order valence-electron chi connectivity index (χ1n) is 10.6. The van der Waals surface area contributed by atoms with E-state index in [2.05, 4.69) is 10.5 Å². The van der Waals surface area contributed by atoms with Crippen molar-refractivity contribution in [2.24, 2.45) is 5.10 Å². The molecule has 0 aromatic heterocycles. The van der Waals surface area contributed by atoms with E-state index in [9.17, 15) is 9.59 Å². The largest absolute Gasteiger partial charge is 0.484 e. The minimum atomic E-state index is -0.256. The Kier molecular flexibility index (Phi) is 8.53. The molecule has 164 valence electrons. The second-order valence-electron chi connectivity index (χ2n) is 7.61. The summed E-state index contributed by atoms with van der Waals surface area (Å²) in [6, 6.07) is 15.3. The van der Waals surface area contributed by atoms with Gasteiger partial charge in [-0.1, -0.05) is 17.7 Å². The summed E-state index contributed by atoms with van der Waals surface area (Å²) < 4.78 is 5.61. The van der Waals surface area contributed by atoms with E-state index in [1.807, 2.05) is 55.1 Å². The third-order valence-electron chi connectivity index (χ3n) is 5.04. The second kappa shape index (κ2) is 11.6. The van der Waals surface area contributed by atoms with E-state index in [0.29, 0.717) is 5.75 Å². The predicted molar refractivity (Wildman–Crippen MR) is 125 cm³/mol. The Labute approximate surface area is 188 Å². The zero-order valence-corrected chi connectivity index (χ0v) is 18.9. The van der Waals surface area contributed by atoms with Gasteiger partial charge in [0.1, 0.15) is 5.75 Å². The molecule has 0 spiro atoms. The number of carbonyl (C=O) groups excluding carboxylic acids is 2. The van der Waals surface area contributed by atoms with Gasteiger partial charge in [0.05, 0.1) is 11.5 Å². The van der Waals surface area contributed by atoms with Gasteiger partial charge in [0.2, 0.25) is 0 Å². The van der Waals surface area contributed by atoms with Gasteiger partial charge in [-0.15, -0.1) is 11.8 Å². The molecule has 0 radical (unpaired) electrons. The van der Waals surface area contributed by atoms with E-state index >= 15 is 0 Å². The normalized spacial score (nSPS) is 15.0. The Hall–Kier alpha value is -2.80. The van der Waals surface area contributed by atoms with Crippen molar-refractivity contribution >= 4 is 29.8 Å². The predicted octanol–water partition coefficient (Wildman–Crippen LogP) is 4.02. The number of carbonyl (C=O) groups is 2. The number of hydrogen-bond donors (Lipinski definition) is 1. The molecule has 7 heteroatoms. The van der Waals surface area contributed by atoms with Crippen molar-refractivity contribution in [3.63, 3.8) is 0 Å². The molecule has 1 fully saturated rings. The number of ether oxygens (including phenoxy) is 1. The average Bonchev–Trinajstić information content (AvgIpc) is 2.80. The zero-order valence-electron chi connectivity index (χ0n) is 18.0. The summed E-state index contributed by atoms with van der Waals surface area (Å²) in [7, 11) is 0. The van der Waals surface area contributed by atoms with Gasteiger partial charge < -0.3 is 9.64 Å². The van der Waals surface area contributed by atoms with Crippen molar-refractivity contribution in [1.82, 2.24) is 10.3 Å². The van der Waals surface area contributed by atoms with Crippen LogP contribution < -0.4 is 10.2 Å². The van der Waals surface area contributed by atoms with Gasteiger partial charge >= 0.3 is 0 Å².